The minimum atomic E-state index is -0.726. The van der Waals surface area contributed by atoms with E-state index in [1.54, 1.807) is 29.1 Å². The molecule has 0 fully saturated rings. The van der Waals surface area contributed by atoms with Crippen LogP contribution in [0.3, 0.4) is 0 Å². The quantitative estimate of drug-likeness (QED) is 0.681. The third kappa shape index (κ3) is 3.29. The number of fused-ring (bicyclic) bond motifs is 1. The first kappa shape index (κ1) is 17.6. The van der Waals surface area contributed by atoms with Crippen molar-refractivity contribution in [3.8, 4) is 11.1 Å². The van der Waals surface area contributed by atoms with Gasteiger partial charge < -0.3 is 10.6 Å². The van der Waals surface area contributed by atoms with Gasteiger partial charge in [-0.05, 0) is 17.7 Å². The van der Waals surface area contributed by atoms with Crippen molar-refractivity contribution in [2.45, 2.75) is 12.5 Å². The van der Waals surface area contributed by atoms with Crippen molar-refractivity contribution in [2.24, 2.45) is 0 Å². The van der Waals surface area contributed by atoms with Gasteiger partial charge in [0.05, 0.1) is 28.4 Å². The maximum Gasteiger partial charge on any atom is 0.251 e. The van der Waals surface area contributed by atoms with Gasteiger partial charge in [0.1, 0.15) is 11.9 Å². The van der Waals surface area contributed by atoms with E-state index in [9.17, 15) is 9.59 Å². The van der Waals surface area contributed by atoms with Gasteiger partial charge >= 0.3 is 0 Å². The molecule has 3 aromatic rings. The molecule has 2 N–H and O–H groups in total. The molecule has 0 spiro atoms. The summed E-state index contributed by atoms with van der Waals surface area (Å²) in [5, 5.41) is 10.4. The van der Waals surface area contributed by atoms with Crippen LogP contribution in [0, 0.1) is 0 Å². The minimum absolute atomic E-state index is 0.0718. The third-order valence-electron chi connectivity index (χ3n) is 4.32. The maximum atomic E-state index is 12.4. The van der Waals surface area contributed by atoms with Crippen LogP contribution in [0.1, 0.15) is 12.5 Å². The first-order valence-corrected chi connectivity index (χ1v) is 8.98. The zero-order valence-electron chi connectivity index (χ0n) is 13.9. The highest BCUT2D eigenvalue weighted by atomic mass is 35.5. The smallest absolute Gasteiger partial charge is 0.251 e. The number of nitrogens with zero attached hydrogens (tertiary/aromatic N) is 2. The van der Waals surface area contributed by atoms with Crippen LogP contribution < -0.4 is 10.6 Å². The predicted octanol–water partition coefficient (Wildman–Crippen LogP) is 4.38. The molecule has 6 nitrogen and oxygen atoms in total. The number of hydrogen-bond acceptors (Lipinski definition) is 3. The van der Waals surface area contributed by atoms with Gasteiger partial charge in [-0.2, -0.15) is 5.10 Å². The van der Waals surface area contributed by atoms with Gasteiger partial charge in [0, 0.05) is 5.56 Å². The van der Waals surface area contributed by atoms with E-state index in [0.717, 1.165) is 11.1 Å². The van der Waals surface area contributed by atoms with Crippen molar-refractivity contribution in [1.82, 2.24) is 9.78 Å². The zero-order chi connectivity index (χ0) is 19.0. The average molecular weight is 401 g/mol. The van der Waals surface area contributed by atoms with Crippen molar-refractivity contribution in [3.63, 3.8) is 0 Å². The number of aromatic nitrogens is 2. The van der Waals surface area contributed by atoms with Crippen LogP contribution >= 0.6 is 23.2 Å². The highest BCUT2D eigenvalue weighted by Gasteiger charge is 2.35. The highest BCUT2D eigenvalue weighted by Crippen LogP contribution is 2.36. The van der Waals surface area contributed by atoms with Gasteiger partial charge in [0.2, 0.25) is 5.91 Å². The Morgan fingerprint density at radius 3 is 2.70 bits per heavy atom. The topological polar surface area (TPSA) is 76.0 Å². The maximum absolute atomic E-state index is 12.4. The number of rotatable bonds is 4. The summed E-state index contributed by atoms with van der Waals surface area (Å²) in [7, 11) is 0. The third-order valence-corrected chi connectivity index (χ3v) is 5.14. The number of nitrogens with one attached hydrogen (secondary N) is 2. The van der Waals surface area contributed by atoms with Crippen molar-refractivity contribution < 1.29 is 9.59 Å². The molecule has 1 unspecified atom stereocenters. The van der Waals surface area contributed by atoms with Gasteiger partial charge in [-0.1, -0.05) is 59.6 Å². The van der Waals surface area contributed by atoms with Crippen LogP contribution in [-0.2, 0) is 9.59 Å². The van der Waals surface area contributed by atoms with E-state index in [0.29, 0.717) is 16.5 Å². The van der Waals surface area contributed by atoms with Crippen LogP contribution in [0.5, 0.6) is 0 Å². The number of benzene rings is 2. The molecule has 0 bridgehead atoms. The molecule has 136 valence electrons. The zero-order valence-corrected chi connectivity index (χ0v) is 15.5. The molecule has 4 rings (SSSR count). The monoisotopic (exact) mass is 400 g/mol. The second-order valence-corrected chi connectivity index (χ2v) is 6.86. The van der Waals surface area contributed by atoms with Crippen molar-refractivity contribution >= 4 is 46.5 Å². The Hall–Kier alpha value is -2.83. The molecule has 1 aliphatic heterocycles. The summed E-state index contributed by atoms with van der Waals surface area (Å²) >= 11 is 12.0. The average Bonchev–Trinajstić information content (AvgIpc) is 3.19. The first-order chi connectivity index (χ1) is 13.0. The van der Waals surface area contributed by atoms with Crippen LogP contribution in [0.15, 0.2) is 54.7 Å². The van der Waals surface area contributed by atoms with Crippen LogP contribution in [0.25, 0.3) is 11.1 Å². The standard InChI is InChI=1S/C19H14Cl2N4O2/c20-13-7-4-8-14(17(13)21)23-16(26)9-15-19(27)24-18-12(10-22-25(15)18)11-5-2-1-3-6-11/h1-8,10,15H,9H2,(H,23,26)(H,24,27). The van der Waals surface area contributed by atoms with Crippen molar-refractivity contribution in [3.05, 3.63) is 64.8 Å². The summed E-state index contributed by atoms with van der Waals surface area (Å²) in [6, 6.07) is 13.8. The van der Waals surface area contributed by atoms with E-state index in [4.69, 9.17) is 23.2 Å². The summed E-state index contributed by atoms with van der Waals surface area (Å²) in [6.45, 7) is 0. The fourth-order valence-electron chi connectivity index (χ4n) is 3.02. The lowest BCUT2D eigenvalue weighted by molar-refractivity contribution is -0.123. The van der Waals surface area contributed by atoms with E-state index >= 15 is 0 Å². The Morgan fingerprint density at radius 2 is 1.93 bits per heavy atom. The van der Waals surface area contributed by atoms with Crippen LogP contribution in [-0.4, -0.2) is 21.6 Å². The molecule has 2 heterocycles. The largest absolute Gasteiger partial charge is 0.325 e. The molecule has 1 aromatic heterocycles. The highest BCUT2D eigenvalue weighted by molar-refractivity contribution is 6.44. The van der Waals surface area contributed by atoms with Gasteiger partial charge in [-0.25, -0.2) is 4.68 Å². The number of carbonyl (C=O) groups excluding carboxylic acids is 2. The van der Waals surface area contributed by atoms with E-state index < -0.39 is 6.04 Å². The summed E-state index contributed by atoms with van der Waals surface area (Å²) < 4.78 is 1.55. The summed E-state index contributed by atoms with van der Waals surface area (Å²) in [4.78, 5) is 24.8. The molecule has 1 atom stereocenters. The first-order valence-electron chi connectivity index (χ1n) is 8.22. The number of anilines is 2. The molecule has 1 aliphatic rings. The van der Waals surface area contributed by atoms with E-state index in [-0.39, 0.29) is 23.3 Å². The summed E-state index contributed by atoms with van der Waals surface area (Å²) in [5.74, 6) is -0.0451. The minimum Gasteiger partial charge on any atom is -0.325 e. The second kappa shape index (κ2) is 7.06. The predicted molar refractivity (Wildman–Crippen MR) is 105 cm³/mol. The van der Waals surface area contributed by atoms with Crippen LogP contribution in [0.4, 0.5) is 11.5 Å². The lowest BCUT2D eigenvalue weighted by Crippen LogP contribution is -2.23. The van der Waals surface area contributed by atoms with Gasteiger partial charge in [-0.15, -0.1) is 0 Å². The molecule has 0 aliphatic carbocycles. The summed E-state index contributed by atoms with van der Waals surface area (Å²) in [5.41, 5.74) is 2.15. The Morgan fingerprint density at radius 1 is 1.15 bits per heavy atom. The number of amides is 2. The Labute approximate surface area is 165 Å². The van der Waals surface area contributed by atoms with E-state index in [1.165, 1.54) is 0 Å². The molecular formula is C19H14Cl2N4O2. The SMILES string of the molecule is O=C(CC1C(=O)Nc2c(-c3ccccc3)cnn21)Nc1cccc(Cl)c1Cl. The molecule has 0 saturated carbocycles. The molecule has 27 heavy (non-hydrogen) atoms. The Balaban J connectivity index is 1.55. The lowest BCUT2D eigenvalue weighted by Gasteiger charge is -2.11. The fourth-order valence-corrected chi connectivity index (χ4v) is 3.37. The van der Waals surface area contributed by atoms with E-state index in [1.807, 2.05) is 30.3 Å². The van der Waals surface area contributed by atoms with Crippen molar-refractivity contribution in [1.29, 1.82) is 0 Å². The number of halogens is 2. The van der Waals surface area contributed by atoms with Gasteiger partial charge in [-0.3, -0.25) is 9.59 Å². The fraction of sp³-hybridized carbons (Fsp3) is 0.105. The molecule has 2 amide bonds. The van der Waals surface area contributed by atoms with Gasteiger partial charge in [0.25, 0.3) is 5.91 Å². The van der Waals surface area contributed by atoms with Gasteiger partial charge in [0.15, 0.2) is 0 Å². The summed E-state index contributed by atoms with van der Waals surface area (Å²) in [6.07, 6.45) is 1.61. The normalized spacial score (nSPS) is 15.3. The number of hydrogen-bond donors (Lipinski definition) is 2. The molecule has 8 heteroatoms. The molecule has 2 aromatic carbocycles. The van der Waals surface area contributed by atoms with Crippen LogP contribution in [0.2, 0.25) is 10.0 Å². The lowest BCUT2D eigenvalue weighted by atomic mass is 10.1. The van der Waals surface area contributed by atoms with Crippen molar-refractivity contribution in [2.75, 3.05) is 10.6 Å². The second-order valence-electron chi connectivity index (χ2n) is 6.08. The molecular weight excluding hydrogens is 387 g/mol. The van der Waals surface area contributed by atoms with E-state index in [2.05, 4.69) is 15.7 Å². The molecule has 0 radical (unpaired) electrons. The Bertz CT molecular complexity index is 1030. The Kier molecular flexibility index (Phi) is 4.59. The molecule has 0 saturated heterocycles. The number of carbonyl (C=O) groups is 2.